The summed E-state index contributed by atoms with van der Waals surface area (Å²) in [5.41, 5.74) is 1.94. The molecule has 2 N–H and O–H groups in total. The summed E-state index contributed by atoms with van der Waals surface area (Å²) in [7, 11) is -3.34. The number of aromatic nitrogens is 1. The van der Waals surface area contributed by atoms with Crippen LogP contribution in [-0.2, 0) is 10.0 Å². The number of hydrogen-bond acceptors (Lipinski definition) is 5. The number of carbonyl (C=O) groups excluding carboxylic acids is 1. The van der Waals surface area contributed by atoms with E-state index in [9.17, 15) is 13.2 Å². The summed E-state index contributed by atoms with van der Waals surface area (Å²) in [5, 5.41) is 3.31. The number of nitrogens with one attached hydrogen (secondary N) is 2. The summed E-state index contributed by atoms with van der Waals surface area (Å²) in [4.78, 5) is 18.9. The molecule has 0 radical (unpaired) electrons. The molecule has 0 saturated carbocycles. The van der Waals surface area contributed by atoms with Crippen molar-refractivity contribution in [1.29, 1.82) is 0 Å². The van der Waals surface area contributed by atoms with Crippen LogP contribution in [0.3, 0.4) is 0 Å². The molecule has 1 saturated heterocycles. The first-order valence-electron chi connectivity index (χ1n) is 7.93. The van der Waals surface area contributed by atoms with Crippen LogP contribution >= 0.6 is 0 Å². The predicted octanol–water partition coefficient (Wildman–Crippen LogP) is 1.24. The molecule has 1 aliphatic rings. The number of carbonyl (C=O) groups is 1. The van der Waals surface area contributed by atoms with Crippen molar-refractivity contribution in [3.8, 4) is 0 Å². The molecule has 1 unspecified atom stereocenters. The van der Waals surface area contributed by atoms with Crippen molar-refractivity contribution in [3.05, 3.63) is 59.9 Å². The van der Waals surface area contributed by atoms with Gasteiger partial charge in [0.05, 0.1) is 12.3 Å². The van der Waals surface area contributed by atoms with Gasteiger partial charge in [-0.05, 0) is 35.9 Å². The maximum Gasteiger partial charge on any atom is 0.254 e. The number of piperazine rings is 1. The number of sulfonamides is 1. The van der Waals surface area contributed by atoms with Crippen molar-refractivity contribution >= 4 is 21.6 Å². The van der Waals surface area contributed by atoms with Crippen LogP contribution in [0.5, 0.6) is 0 Å². The van der Waals surface area contributed by atoms with Crippen LogP contribution in [0.4, 0.5) is 5.69 Å². The molecule has 132 valence electrons. The highest BCUT2D eigenvalue weighted by atomic mass is 32.2. The number of rotatable bonds is 4. The lowest BCUT2D eigenvalue weighted by molar-refractivity contribution is 0.0634. The van der Waals surface area contributed by atoms with E-state index in [4.69, 9.17) is 0 Å². The van der Waals surface area contributed by atoms with E-state index in [1.807, 2.05) is 17.0 Å². The lowest BCUT2D eigenvalue weighted by Gasteiger charge is -2.36. The van der Waals surface area contributed by atoms with Crippen molar-refractivity contribution in [2.45, 2.75) is 6.04 Å². The van der Waals surface area contributed by atoms with Gasteiger partial charge in [-0.3, -0.25) is 14.5 Å². The summed E-state index contributed by atoms with van der Waals surface area (Å²) in [6.45, 7) is 2.00. The summed E-state index contributed by atoms with van der Waals surface area (Å²) in [6.07, 6.45) is 4.57. The Morgan fingerprint density at radius 2 is 2.04 bits per heavy atom. The van der Waals surface area contributed by atoms with E-state index in [0.29, 0.717) is 24.3 Å². The van der Waals surface area contributed by atoms with E-state index >= 15 is 0 Å². The molecule has 1 aromatic carbocycles. The first-order valence-corrected chi connectivity index (χ1v) is 9.83. The Kier molecular flexibility index (Phi) is 5.00. The molecule has 1 aromatic heterocycles. The molecule has 1 aliphatic heterocycles. The van der Waals surface area contributed by atoms with Crippen molar-refractivity contribution < 1.29 is 13.2 Å². The molecule has 0 aliphatic carbocycles. The summed E-state index contributed by atoms with van der Waals surface area (Å²) in [6, 6.07) is 10.2. The predicted molar refractivity (Wildman–Crippen MR) is 95.8 cm³/mol. The molecular formula is C17H20N4O3S. The second kappa shape index (κ2) is 7.20. The fourth-order valence-electron chi connectivity index (χ4n) is 2.88. The van der Waals surface area contributed by atoms with E-state index in [0.717, 1.165) is 18.4 Å². The van der Waals surface area contributed by atoms with Crippen molar-refractivity contribution in [2.75, 3.05) is 30.6 Å². The van der Waals surface area contributed by atoms with E-state index in [2.05, 4.69) is 15.0 Å². The normalized spacial score (nSPS) is 18.0. The smallest absolute Gasteiger partial charge is 0.254 e. The number of benzene rings is 1. The maximum atomic E-state index is 12.9. The molecule has 0 spiro atoms. The molecule has 3 rings (SSSR count). The Labute approximate surface area is 147 Å². The third kappa shape index (κ3) is 4.34. The average Bonchev–Trinajstić information content (AvgIpc) is 2.61. The van der Waals surface area contributed by atoms with Crippen LogP contribution in [0.1, 0.15) is 22.0 Å². The van der Waals surface area contributed by atoms with E-state index in [1.54, 1.807) is 36.7 Å². The number of anilines is 1. The summed E-state index contributed by atoms with van der Waals surface area (Å²) >= 11 is 0. The SMILES string of the molecule is CS(=O)(=O)Nc1ccc(C(=O)N2CCNCC2c2cccnc2)cc1. The van der Waals surface area contributed by atoms with Gasteiger partial charge in [0.25, 0.3) is 5.91 Å². The van der Waals surface area contributed by atoms with Gasteiger partial charge in [0.15, 0.2) is 0 Å². The first-order chi connectivity index (χ1) is 11.9. The minimum atomic E-state index is -3.34. The Hall–Kier alpha value is -2.45. The molecule has 25 heavy (non-hydrogen) atoms. The van der Waals surface area contributed by atoms with Crippen LogP contribution in [0.15, 0.2) is 48.8 Å². The largest absolute Gasteiger partial charge is 0.329 e. The first kappa shape index (κ1) is 17.4. The fourth-order valence-corrected chi connectivity index (χ4v) is 3.44. The molecule has 1 amide bonds. The topological polar surface area (TPSA) is 91.4 Å². The average molecular weight is 360 g/mol. The highest BCUT2D eigenvalue weighted by molar-refractivity contribution is 7.92. The van der Waals surface area contributed by atoms with Gasteiger partial charge in [-0.15, -0.1) is 0 Å². The number of nitrogens with zero attached hydrogens (tertiary/aromatic N) is 2. The number of hydrogen-bond donors (Lipinski definition) is 2. The minimum absolute atomic E-state index is 0.0798. The maximum absolute atomic E-state index is 12.9. The van der Waals surface area contributed by atoms with Gasteiger partial charge in [-0.1, -0.05) is 6.07 Å². The van der Waals surface area contributed by atoms with Gasteiger partial charge in [-0.25, -0.2) is 8.42 Å². The van der Waals surface area contributed by atoms with Crippen LogP contribution in [-0.4, -0.2) is 50.1 Å². The van der Waals surface area contributed by atoms with Gasteiger partial charge in [0.2, 0.25) is 10.0 Å². The van der Waals surface area contributed by atoms with Gasteiger partial charge in [-0.2, -0.15) is 0 Å². The van der Waals surface area contributed by atoms with Gasteiger partial charge >= 0.3 is 0 Å². The lowest BCUT2D eigenvalue weighted by Crippen LogP contribution is -2.48. The third-order valence-corrected chi connectivity index (χ3v) is 4.62. The second-order valence-electron chi connectivity index (χ2n) is 5.96. The van der Waals surface area contributed by atoms with Crippen LogP contribution in [0.25, 0.3) is 0 Å². The molecular weight excluding hydrogens is 340 g/mol. The van der Waals surface area contributed by atoms with Crippen LogP contribution in [0, 0.1) is 0 Å². The Balaban J connectivity index is 1.81. The molecule has 1 atom stereocenters. The van der Waals surface area contributed by atoms with Gasteiger partial charge in [0.1, 0.15) is 0 Å². The summed E-state index contributed by atoms with van der Waals surface area (Å²) < 4.78 is 24.9. The molecule has 2 aromatic rings. The Morgan fingerprint density at radius 1 is 1.28 bits per heavy atom. The second-order valence-corrected chi connectivity index (χ2v) is 7.70. The molecule has 0 bridgehead atoms. The summed E-state index contributed by atoms with van der Waals surface area (Å²) in [5.74, 6) is -0.0822. The molecule has 7 nitrogen and oxygen atoms in total. The Morgan fingerprint density at radius 3 is 2.68 bits per heavy atom. The van der Waals surface area contributed by atoms with E-state index in [-0.39, 0.29) is 11.9 Å². The van der Waals surface area contributed by atoms with Crippen LogP contribution < -0.4 is 10.0 Å². The van der Waals surface area contributed by atoms with Crippen molar-refractivity contribution in [2.24, 2.45) is 0 Å². The Bertz CT molecular complexity index is 838. The highest BCUT2D eigenvalue weighted by Crippen LogP contribution is 2.24. The number of pyridine rings is 1. The standard InChI is InChI=1S/C17H20N4O3S/c1-25(23,24)20-15-6-4-13(5-7-15)17(22)21-10-9-19-12-16(21)14-3-2-8-18-11-14/h2-8,11,16,19-20H,9-10,12H2,1H3. The van der Waals surface area contributed by atoms with Crippen molar-refractivity contribution in [3.63, 3.8) is 0 Å². The zero-order chi connectivity index (χ0) is 17.9. The monoisotopic (exact) mass is 360 g/mol. The van der Waals surface area contributed by atoms with Crippen LogP contribution in [0.2, 0.25) is 0 Å². The molecule has 2 heterocycles. The molecule has 8 heteroatoms. The van der Waals surface area contributed by atoms with Gasteiger partial charge < -0.3 is 10.2 Å². The lowest BCUT2D eigenvalue weighted by atomic mass is 10.0. The zero-order valence-electron chi connectivity index (χ0n) is 13.8. The van der Waals surface area contributed by atoms with E-state index < -0.39 is 10.0 Å². The molecule has 1 fully saturated rings. The zero-order valence-corrected chi connectivity index (χ0v) is 14.7. The fraction of sp³-hybridized carbons (Fsp3) is 0.294. The minimum Gasteiger partial charge on any atom is -0.329 e. The van der Waals surface area contributed by atoms with Crippen molar-refractivity contribution in [1.82, 2.24) is 15.2 Å². The number of amides is 1. The highest BCUT2D eigenvalue weighted by Gasteiger charge is 2.28. The quantitative estimate of drug-likeness (QED) is 0.856. The van der Waals surface area contributed by atoms with E-state index in [1.165, 1.54) is 0 Å². The third-order valence-electron chi connectivity index (χ3n) is 4.01. The van der Waals surface area contributed by atoms with Gasteiger partial charge in [0, 0.05) is 43.3 Å².